The van der Waals surface area contributed by atoms with Crippen LogP contribution >= 0.6 is 34.7 Å². The van der Waals surface area contributed by atoms with Gasteiger partial charge in [-0.25, -0.2) is 18.9 Å². The highest BCUT2D eigenvalue weighted by Crippen LogP contribution is 2.52. The van der Waals surface area contributed by atoms with Crippen LogP contribution in [0.25, 0.3) is 10.2 Å². The maximum Gasteiger partial charge on any atom is 0.353 e. The number of nitrogens with zero attached hydrogens (tertiary/aromatic N) is 4. The molecule has 1 saturated heterocycles. The van der Waals surface area contributed by atoms with Gasteiger partial charge in [-0.15, -0.1) is 11.3 Å². The Balaban J connectivity index is 1.51. The first-order valence-electron chi connectivity index (χ1n) is 10.4. The summed E-state index contributed by atoms with van der Waals surface area (Å²) in [6, 6.07) is 3.43. The molecule has 0 saturated carbocycles. The SMILES string of the molecule is C[C@@H](O)[C@H]1C(=O)N2C(C(=O)O)=C(Sc3nc4c(Cn5cc[n+](C)c5)c(Cl)ccc4s3)[C@H](C)[C@H]12. The zero-order chi connectivity index (χ0) is 23.6. The van der Waals surface area contributed by atoms with Crippen LogP contribution in [-0.4, -0.2) is 48.7 Å². The van der Waals surface area contributed by atoms with Gasteiger partial charge in [-0.3, -0.25) is 4.79 Å². The van der Waals surface area contributed by atoms with E-state index in [-0.39, 0.29) is 23.6 Å². The van der Waals surface area contributed by atoms with E-state index < -0.39 is 18.0 Å². The quantitative estimate of drug-likeness (QED) is 0.395. The van der Waals surface area contributed by atoms with E-state index in [2.05, 4.69) is 0 Å². The zero-order valence-corrected chi connectivity index (χ0v) is 20.5. The third-order valence-electron chi connectivity index (χ3n) is 6.26. The Morgan fingerprint density at radius 2 is 2.18 bits per heavy atom. The molecular formula is C22H22ClN4O4S2+. The van der Waals surface area contributed by atoms with Crippen molar-refractivity contribution >= 4 is 56.8 Å². The van der Waals surface area contributed by atoms with Gasteiger partial charge in [-0.2, -0.15) is 0 Å². The van der Waals surface area contributed by atoms with E-state index in [0.29, 0.717) is 20.8 Å². The minimum atomic E-state index is -1.14. The fourth-order valence-corrected chi connectivity index (χ4v) is 7.30. The van der Waals surface area contributed by atoms with Crippen molar-refractivity contribution in [3.05, 3.63) is 52.0 Å². The molecule has 3 aromatic rings. The smallest absolute Gasteiger partial charge is 0.353 e. The highest BCUT2D eigenvalue weighted by molar-refractivity contribution is 8.04. The monoisotopic (exact) mass is 505 g/mol. The highest BCUT2D eigenvalue weighted by atomic mass is 35.5. The second-order valence-corrected chi connectivity index (χ2v) is 11.2. The Labute approximate surface area is 203 Å². The number of β-lactam (4-membered cyclic amide) rings is 1. The molecule has 1 fully saturated rings. The Kier molecular flexibility index (Phi) is 5.51. The van der Waals surface area contributed by atoms with Gasteiger partial charge in [0.05, 0.1) is 35.3 Å². The van der Waals surface area contributed by atoms with E-state index in [1.165, 1.54) is 28.0 Å². The Morgan fingerprint density at radius 3 is 2.82 bits per heavy atom. The number of fused-ring (bicyclic) bond motifs is 2. The first-order valence-corrected chi connectivity index (χ1v) is 12.4. The largest absolute Gasteiger partial charge is 0.477 e. The third kappa shape index (κ3) is 3.56. The summed E-state index contributed by atoms with van der Waals surface area (Å²) in [5.41, 5.74) is 1.68. The second-order valence-electron chi connectivity index (χ2n) is 8.48. The molecule has 2 aliphatic heterocycles. The summed E-state index contributed by atoms with van der Waals surface area (Å²) in [7, 11) is 1.95. The molecule has 33 heavy (non-hydrogen) atoms. The molecule has 4 atom stereocenters. The van der Waals surface area contributed by atoms with E-state index in [4.69, 9.17) is 16.6 Å². The van der Waals surface area contributed by atoms with Gasteiger partial charge in [0.1, 0.15) is 24.6 Å². The van der Waals surface area contributed by atoms with Gasteiger partial charge in [-0.05, 0) is 19.1 Å². The Bertz CT molecular complexity index is 1330. The van der Waals surface area contributed by atoms with Crippen LogP contribution in [0.3, 0.4) is 0 Å². The van der Waals surface area contributed by atoms with E-state index >= 15 is 0 Å². The Hall–Kier alpha value is -2.40. The normalized spacial score (nSPS) is 23.2. The van der Waals surface area contributed by atoms with Crippen LogP contribution in [0.4, 0.5) is 0 Å². The number of thiazole rings is 1. The van der Waals surface area contributed by atoms with Crippen molar-refractivity contribution in [3.8, 4) is 0 Å². The molecule has 172 valence electrons. The molecule has 4 heterocycles. The number of benzene rings is 1. The van der Waals surface area contributed by atoms with Crippen molar-refractivity contribution in [3.63, 3.8) is 0 Å². The Morgan fingerprint density at radius 1 is 1.42 bits per heavy atom. The molecule has 11 heteroatoms. The number of carboxylic acids is 1. The minimum Gasteiger partial charge on any atom is -0.477 e. The number of carbonyl (C=O) groups excluding carboxylic acids is 1. The molecule has 0 bridgehead atoms. The minimum absolute atomic E-state index is 0.00301. The standard InChI is InChI=1S/C22H21ClN4O4S2/c1-10-17-15(11(2)28)20(29)27(17)18(21(30)31)19(10)33-22-24-16-12(8-26-7-6-25(3)9-26)13(23)4-5-14(16)32-22/h4-7,9-11,15,17,28H,8H2,1-3H3/p+1/t10-,11-,15-,17-/m1/s1. The second kappa shape index (κ2) is 8.12. The summed E-state index contributed by atoms with van der Waals surface area (Å²) in [5.74, 6) is -2.29. The van der Waals surface area contributed by atoms with Crippen molar-refractivity contribution < 1.29 is 24.4 Å². The van der Waals surface area contributed by atoms with E-state index in [0.717, 1.165) is 15.8 Å². The van der Waals surface area contributed by atoms with Gasteiger partial charge >= 0.3 is 5.97 Å². The molecule has 1 amide bonds. The first kappa shape index (κ1) is 22.4. The lowest BCUT2D eigenvalue weighted by atomic mass is 9.79. The average molecular weight is 506 g/mol. The molecular weight excluding hydrogens is 484 g/mol. The molecule has 1 aromatic carbocycles. The topological polar surface area (TPSA) is 99.5 Å². The molecule has 0 spiro atoms. The fourth-order valence-electron chi connectivity index (χ4n) is 4.73. The number of amides is 1. The predicted molar refractivity (Wildman–Crippen MR) is 125 cm³/mol. The highest BCUT2D eigenvalue weighted by Gasteiger charge is 2.60. The molecule has 2 N–H and O–H groups in total. The summed E-state index contributed by atoms with van der Waals surface area (Å²) in [6.45, 7) is 4.03. The van der Waals surface area contributed by atoms with Gasteiger partial charge in [0, 0.05) is 21.4 Å². The summed E-state index contributed by atoms with van der Waals surface area (Å²) < 4.78 is 5.61. The zero-order valence-electron chi connectivity index (χ0n) is 18.1. The van der Waals surface area contributed by atoms with Crippen LogP contribution in [0.2, 0.25) is 5.02 Å². The summed E-state index contributed by atoms with van der Waals surface area (Å²) in [6.07, 6.45) is 5.04. The number of carbonyl (C=O) groups is 2. The van der Waals surface area contributed by atoms with Crippen molar-refractivity contribution in [1.29, 1.82) is 0 Å². The van der Waals surface area contributed by atoms with E-state index in [9.17, 15) is 19.8 Å². The molecule has 8 nitrogen and oxygen atoms in total. The lowest BCUT2D eigenvalue weighted by Gasteiger charge is -2.46. The number of thioether (sulfide) groups is 1. The number of aliphatic hydroxyl groups is 1. The van der Waals surface area contributed by atoms with Crippen LogP contribution in [0.1, 0.15) is 19.4 Å². The number of aliphatic hydroxyl groups excluding tert-OH is 1. The lowest BCUT2D eigenvalue weighted by Crippen LogP contribution is -2.63. The van der Waals surface area contributed by atoms with E-state index in [1.807, 2.05) is 54.0 Å². The van der Waals surface area contributed by atoms with Gasteiger partial charge < -0.3 is 15.1 Å². The summed E-state index contributed by atoms with van der Waals surface area (Å²) in [4.78, 5) is 31.4. The number of aromatic nitrogens is 3. The number of aryl methyl sites for hydroxylation is 1. The number of imidazole rings is 1. The number of hydrogen-bond acceptors (Lipinski definition) is 6. The number of hydrogen-bond donors (Lipinski definition) is 2. The molecule has 0 unspecified atom stereocenters. The van der Waals surface area contributed by atoms with Crippen LogP contribution in [0, 0.1) is 11.8 Å². The van der Waals surface area contributed by atoms with Gasteiger partial charge in [0.2, 0.25) is 12.2 Å². The maximum absolute atomic E-state index is 12.6. The van der Waals surface area contributed by atoms with Gasteiger partial charge in [0.25, 0.3) is 0 Å². The number of rotatable bonds is 6. The van der Waals surface area contributed by atoms with Gasteiger partial charge in [0.15, 0.2) is 4.34 Å². The number of halogens is 1. The third-order valence-corrected chi connectivity index (χ3v) is 8.98. The number of carboxylic acid groups (broad SMARTS) is 1. The van der Waals surface area contributed by atoms with Crippen molar-refractivity contribution in [2.45, 2.75) is 36.9 Å². The van der Waals surface area contributed by atoms with E-state index in [1.54, 1.807) is 6.92 Å². The molecule has 2 aliphatic rings. The lowest BCUT2D eigenvalue weighted by molar-refractivity contribution is -0.671. The van der Waals surface area contributed by atoms with Crippen LogP contribution in [-0.2, 0) is 23.2 Å². The molecule has 2 aromatic heterocycles. The summed E-state index contributed by atoms with van der Waals surface area (Å²) in [5, 5.41) is 20.5. The predicted octanol–water partition coefficient (Wildman–Crippen LogP) is 2.87. The summed E-state index contributed by atoms with van der Waals surface area (Å²) >= 11 is 9.27. The maximum atomic E-state index is 12.6. The molecule has 0 aliphatic carbocycles. The molecule has 5 rings (SSSR count). The number of aliphatic carboxylic acids is 1. The molecule has 0 radical (unpaired) electrons. The fraction of sp³-hybridized carbons (Fsp3) is 0.364. The van der Waals surface area contributed by atoms with Crippen LogP contribution in [0.5, 0.6) is 0 Å². The van der Waals surface area contributed by atoms with Crippen molar-refractivity contribution in [2.75, 3.05) is 0 Å². The van der Waals surface area contributed by atoms with Crippen molar-refractivity contribution in [1.82, 2.24) is 14.5 Å². The first-order chi connectivity index (χ1) is 15.7. The van der Waals surface area contributed by atoms with Gasteiger partial charge in [-0.1, -0.05) is 30.3 Å². The van der Waals surface area contributed by atoms with Crippen LogP contribution < -0.4 is 4.57 Å². The van der Waals surface area contributed by atoms with Crippen LogP contribution in [0.15, 0.2) is 45.8 Å². The van der Waals surface area contributed by atoms with Crippen molar-refractivity contribution in [2.24, 2.45) is 18.9 Å². The average Bonchev–Trinajstić information content (AvgIpc) is 3.40.